The Morgan fingerprint density at radius 2 is 1.86 bits per heavy atom. The molecular weight excluding hydrogens is 481 g/mol. The van der Waals surface area contributed by atoms with Gasteiger partial charge in [-0.25, -0.2) is 4.99 Å². The molecule has 0 radical (unpaired) electrons. The Balaban J connectivity index is 0.00000420. The van der Waals surface area contributed by atoms with E-state index in [9.17, 15) is 5.11 Å². The molecule has 0 fully saturated rings. The molecule has 0 bridgehead atoms. The van der Waals surface area contributed by atoms with Crippen molar-refractivity contribution in [1.29, 1.82) is 0 Å². The lowest BCUT2D eigenvalue weighted by Crippen LogP contribution is -2.38. The first-order chi connectivity index (χ1) is 13.7. The highest BCUT2D eigenvalue weighted by Gasteiger charge is 2.07. The largest absolute Gasteiger partial charge is 0.491 e. The van der Waals surface area contributed by atoms with Crippen molar-refractivity contribution in [3.8, 4) is 5.75 Å². The van der Waals surface area contributed by atoms with E-state index in [4.69, 9.17) is 9.47 Å². The molecule has 0 saturated carbocycles. The number of aliphatic hydroxyl groups is 1. The van der Waals surface area contributed by atoms with E-state index in [2.05, 4.69) is 15.6 Å². The minimum Gasteiger partial charge on any atom is -0.491 e. The first-order valence-electron chi connectivity index (χ1n) is 9.68. The van der Waals surface area contributed by atoms with Crippen LogP contribution in [0.15, 0.2) is 59.6 Å². The van der Waals surface area contributed by atoms with Gasteiger partial charge in [-0.15, -0.1) is 24.0 Å². The minimum absolute atomic E-state index is 0. The zero-order valence-electron chi connectivity index (χ0n) is 17.1. The summed E-state index contributed by atoms with van der Waals surface area (Å²) in [4.78, 5) is 4.62. The third-order valence-electron chi connectivity index (χ3n) is 4.11. The molecule has 2 aromatic carbocycles. The van der Waals surface area contributed by atoms with Gasteiger partial charge < -0.3 is 25.2 Å². The van der Waals surface area contributed by atoms with Crippen LogP contribution < -0.4 is 15.4 Å². The lowest BCUT2D eigenvalue weighted by atomic mass is 10.1. The summed E-state index contributed by atoms with van der Waals surface area (Å²) in [5.41, 5.74) is 1.99. The van der Waals surface area contributed by atoms with Gasteiger partial charge in [-0.2, -0.15) is 0 Å². The Hall–Kier alpha value is -1.84. The van der Waals surface area contributed by atoms with Crippen LogP contribution in [0, 0.1) is 0 Å². The molecule has 0 amide bonds. The fourth-order valence-corrected chi connectivity index (χ4v) is 2.66. The van der Waals surface area contributed by atoms with E-state index in [1.165, 1.54) is 0 Å². The number of guanidine groups is 1. The van der Waals surface area contributed by atoms with E-state index in [-0.39, 0.29) is 24.0 Å². The van der Waals surface area contributed by atoms with Crippen LogP contribution in [0.5, 0.6) is 5.75 Å². The van der Waals surface area contributed by atoms with Gasteiger partial charge in [0, 0.05) is 20.2 Å². The highest BCUT2D eigenvalue weighted by atomic mass is 127. The summed E-state index contributed by atoms with van der Waals surface area (Å²) in [6.45, 7) is 5.05. The fraction of sp³-hybridized carbons (Fsp3) is 0.409. The highest BCUT2D eigenvalue weighted by Crippen LogP contribution is 2.15. The molecule has 0 aliphatic rings. The third-order valence-corrected chi connectivity index (χ3v) is 4.11. The van der Waals surface area contributed by atoms with E-state index in [1.807, 2.05) is 61.5 Å². The molecule has 7 heteroatoms. The minimum atomic E-state index is -0.488. The molecular formula is C22H32IN3O3. The zero-order chi connectivity index (χ0) is 20.0. The Kier molecular flexibility index (Phi) is 13.1. The topological polar surface area (TPSA) is 75.1 Å². The number of nitrogens with one attached hydrogen (secondary N) is 2. The number of rotatable bonds is 11. The quantitative estimate of drug-likeness (QED) is 0.186. The van der Waals surface area contributed by atoms with Crippen LogP contribution in [-0.4, -0.2) is 44.5 Å². The summed E-state index contributed by atoms with van der Waals surface area (Å²) >= 11 is 0. The van der Waals surface area contributed by atoms with Gasteiger partial charge in [-0.3, -0.25) is 0 Å². The van der Waals surface area contributed by atoms with Gasteiger partial charge in [0.15, 0.2) is 5.96 Å². The number of methoxy groups -OCH3 is 1. The van der Waals surface area contributed by atoms with Gasteiger partial charge in [0.2, 0.25) is 0 Å². The van der Waals surface area contributed by atoms with Crippen molar-refractivity contribution < 1.29 is 14.6 Å². The normalized spacial score (nSPS) is 12.0. The summed E-state index contributed by atoms with van der Waals surface area (Å²) < 4.78 is 10.6. The Morgan fingerprint density at radius 3 is 2.59 bits per heavy atom. The predicted molar refractivity (Wildman–Crippen MR) is 128 cm³/mol. The van der Waals surface area contributed by atoms with Gasteiger partial charge in [-0.1, -0.05) is 42.5 Å². The van der Waals surface area contributed by atoms with E-state index in [0.717, 1.165) is 29.4 Å². The van der Waals surface area contributed by atoms with Gasteiger partial charge >= 0.3 is 0 Å². The third kappa shape index (κ3) is 9.96. The maximum absolute atomic E-state index is 10.3. The van der Waals surface area contributed by atoms with Gasteiger partial charge in [0.25, 0.3) is 0 Å². The monoisotopic (exact) mass is 513 g/mol. The molecule has 29 heavy (non-hydrogen) atoms. The van der Waals surface area contributed by atoms with Crippen molar-refractivity contribution in [1.82, 2.24) is 10.6 Å². The molecule has 0 aromatic heterocycles. The lowest BCUT2D eigenvalue weighted by Gasteiger charge is -2.14. The average Bonchev–Trinajstić information content (AvgIpc) is 2.73. The van der Waals surface area contributed by atoms with Crippen LogP contribution in [0.25, 0.3) is 0 Å². The molecule has 0 aliphatic heterocycles. The number of ether oxygens (including phenoxy) is 2. The zero-order valence-corrected chi connectivity index (χ0v) is 19.5. The first-order valence-corrected chi connectivity index (χ1v) is 9.68. The standard InChI is InChI=1S/C22H31N3O3.HI/c1-3-23-22(24-13-12-21(26)19-9-5-4-6-10-19)25-17-18-8-7-11-20(16-18)28-15-14-27-2;/h4-11,16,21,26H,3,12-15,17H2,1-2H3,(H2,23,24,25);1H. The summed E-state index contributed by atoms with van der Waals surface area (Å²) in [6, 6.07) is 17.6. The second-order valence-corrected chi connectivity index (χ2v) is 6.33. The van der Waals surface area contributed by atoms with Crippen molar-refractivity contribution in [2.24, 2.45) is 4.99 Å². The van der Waals surface area contributed by atoms with Crippen LogP contribution in [0.1, 0.15) is 30.6 Å². The first kappa shape index (κ1) is 25.2. The number of hydrogen-bond donors (Lipinski definition) is 3. The van der Waals surface area contributed by atoms with Crippen LogP contribution >= 0.6 is 24.0 Å². The second-order valence-electron chi connectivity index (χ2n) is 6.33. The van der Waals surface area contributed by atoms with Gasteiger partial charge in [-0.05, 0) is 36.6 Å². The molecule has 160 valence electrons. The van der Waals surface area contributed by atoms with E-state index in [1.54, 1.807) is 7.11 Å². The maximum Gasteiger partial charge on any atom is 0.191 e. The molecule has 6 nitrogen and oxygen atoms in total. The summed E-state index contributed by atoms with van der Waals surface area (Å²) in [6.07, 6.45) is 0.120. The Labute approximate surface area is 190 Å². The van der Waals surface area contributed by atoms with Crippen molar-refractivity contribution in [3.05, 3.63) is 65.7 Å². The average molecular weight is 513 g/mol. The fourth-order valence-electron chi connectivity index (χ4n) is 2.66. The van der Waals surface area contributed by atoms with Crippen molar-refractivity contribution in [2.75, 3.05) is 33.4 Å². The van der Waals surface area contributed by atoms with Crippen LogP contribution in [0.3, 0.4) is 0 Å². The van der Waals surface area contributed by atoms with Crippen molar-refractivity contribution in [3.63, 3.8) is 0 Å². The van der Waals surface area contributed by atoms with E-state index in [0.29, 0.717) is 32.7 Å². The summed E-state index contributed by atoms with van der Waals surface area (Å²) in [5, 5.41) is 16.8. The van der Waals surface area contributed by atoms with Crippen molar-refractivity contribution in [2.45, 2.75) is 26.0 Å². The second kappa shape index (κ2) is 15.1. The Morgan fingerprint density at radius 1 is 1.07 bits per heavy atom. The van der Waals surface area contributed by atoms with Crippen LogP contribution in [0.2, 0.25) is 0 Å². The number of halogens is 1. The highest BCUT2D eigenvalue weighted by molar-refractivity contribution is 14.0. The van der Waals surface area contributed by atoms with Gasteiger partial charge in [0.05, 0.1) is 19.3 Å². The summed E-state index contributed by atoms with van der Waals surface area (Å²) in [5.74, 6) is 1.54. The molecule has 2 aromatic rings. The molecule has 2 rings (SSSR count). The predicted octanol–water partition coefficient (Wildman–Crippen LogP) is 3.51. The molecule has 1 unspecified atom stereocenters. The summed E-state index contributed by atoms with van der Waals surface area (Å²) in [7, 11) is 1.66. The smallest absolute Gasteiger partial charge is 0.191 e. The lowest BCUT2D eigenvalue weighted by molar-refractivity contribution is 0.146. The number of aliphatic hydroxyl groups excluding tert-OH is 1. The number of nitrogens with zero attached hydrogens (tertiary/aromatic N) is 1. The molecule has 1 atom stereocenters. The molecule has 0 saturated heterocycles. The maximum atomic E-state index is 10.3. The molecule has 0 aliphatic carbocycles. The number of benzene rings is 2. The Bertz CT molecular complexity index is 713. The van der Waals surface area contributed by atoms with Gasteiger partial charge in [0.1, 0.15) is 12.4 Å². The number of hydrogen-bond acceptors (Lipinski definition) is 4. The van der Waals surface area contributed by atoms with Crippen LogP contribution in [0.4, 0.5) is 0 Å². The van der Waals surface area contributed by atoms with Crippen LogP contribution in [-0.2, 0) is 11.3 Å². The SMILES string of the molecule is CCNC(=NCc1cccc(OCCOC)c1)NCCC(O)c1ccccc1.I. The molecule has 0 heterocycles. The molecule has 0 spiro atoms. The van der Waals surface area contributed by atoms with E-state index < -0.39 is 6.10 Å². The number of aliphatic imine (C=N–C) groups is 1. The van der Waals surface area contributed by atoms with Crippen molar-refractivity contribution >= 4 is 29.9 Å². The molecule has 3 N–H and O–H groups in total. The van der Waals surface area contributed by atoms with E-state index >= 15 is 0 Å².